The maximum absolute atomic E-state index is 13.1. The first-order valence-corrected chi connectivity index (χ1v) is 7.36. The van der Waals surface area contributed by atoms with E-state index in [0.717, 1.165) is 10.0 Å². The maximum Gasteiger partial charge on any atom is 0.327 e. The standard InChI is InChI=1S/C12H13BrFNO3S/c1-7(16)15-11(12(17)18)6-19-5-8-4-9(14)2-3-10(8)13/h2-4,11H,5-6H2,1H3,(H,15,16)(H,17,18)/t11-/m0/s1. The van der Waals surface area contributed by atoms with E-state index in [9.17, 15) is 14.0 Å². The van der Waals surface area contributed by atoms with Crippen molar-refractivity contribution in [3.63, 3.8) is 0 Å². The Morgan fingerprint density at radius 2 is 2.21 bits per heavy atom. The lowest BCUT2D eigenvalue weighted by molar-refractivity contribution is -0.140. The molecule has 104 valence electrons. The molecule has 1 aromatic carbocycles. The first kappa shape index (κ1) is 16.0. The second kappa shape index (κ2) is 7.49. The van der Waals surface area contributed by atoms with Crippen LogP contribution in [0, 0.1) is 5.82 Å². The molecule has 0 aliphatic rings. The van der Waals surface area contributed by atoms with Gasteiger partial charge < -0.3 is 10.4 Å². The summed E-state index contributed by atoms with van der Waals surface area (Å²) < 4.78 is 13.8. The van der Waals surface area contributed by atoms with Gasteiger partial charge in [0.2, 0.25) is 5.91 Å². The van der Waals surface area contributed by atoms with Crippen molar-refractivity contribution in [3.05, 3.63) is 34.1 Å². The van der Waals surface area contributed by atoms with Crippen LogP contribution < -0.4 is 5.32 Å². The van der Waals surface area contributed by atoms with Crippen molar-refractivity contribution in [2.24, 2.45) is 0 Å². The highest BCUT2D eigenvalue weighted by molar-refractivity contribution is 9.10. The van der Waals surface area contributed by atoms with Crippen LogP contribution in [0.2, 0.25) is 0 Å². The third-order valence-electron chi connectivity index (χ3n) is 2.23. The molecule has 0 spiro atoms. The lowest BCUT2D eigenvalue weighted by Gasteiger charge is -2.13. The molecule has 0 fully saturated rings. The second-order valence-electron chi connectivity index (χ2n) is 3.84. The van der Waals surface area contributed by atoms with Gasteiger partial charge in [-0.1, -0.05) is 15.9 Å². The van der Waals surface area contributed by atoms with Crippen LogP contribution in [0.25, 0.3) is 0 Å². The van der Waals surface area contributed by atoms with Gasteiger partial charge in [-0.2, -0.15) is 11.8 Å². The Bertz CT molecular complexity index is 484. The number of aliphatic carboxylic acids is 1. The number of amides is 1. The molecular weight excluding hydrogens is 337 g/mol. The molecule has 0 heterocycles. The molecule has 0 aromatic heterocycles. The van der Waals surface area contributed by atoms with Crippen LogP contribution in [-0.2, 0) is 15.3 Å². The Hall–Kier alpha value is -1.08. The van der Waals surface area contributed by atoms with Crippen molar-refractivity contribution in [2.45, 2.75) is 18.7 Å². The SMILES string of the molecule is CC(=O)N[C@@H](CSCc1cc(F)ccc1Br)C(=O)O. The fraction of sp³-hybridized carbons (Fsp3) is 0.333. The first-order valence-electron chi connectivity index (χ1n) is 5.41. The number of hydrogen-bond acceptors (Lipinski definition) is 3. The van der Waals surface area contributed by atoms with Crippen LogP contribution in [-0.4, -0.2) is 28.8 Å². The van der Waals surface area contributed by atoms with Gasteiger partial charge in [0.25, 0.3) is 0 Å². The third-order valence-corrected chi connectivity index (χ3v) is 4.08. The van der Waals surface area contributed by atoms with Crippen molar-refractivity contribution in [2.75, 3.05) is 5.75 Å². The number of thioether (sulfide) groups is 1. The van der Waals surface area contributed by atoms with Crippen LogP contribution in [0.5, 0.6) is 0 Å². The van der Waals surface area contributed by atoms with Gasteiger partial charge in [0.1, 0.15) is 11.9 Å². The Morgan fingerprint density at radius 1 is 1.53 bits per heavy atom. The van der Waals surface area contributed by atoms with E-state index in [0.29, 0.717) is 5.75 Å². The fourth-order valence-electron chi connectivity index (χ4n) is 1.36. The zero-order valence-corrected chi connectivity index (χ0v) is 12.6. The quantitative estimate of drug-likeness (QED) is 0.827. The molecule has 1 atom stereocenters. The van der Waals surface area contributed by atoms with Gasteiger partial charge in [-0.15, -0.1) is 0 Å². The van der Waals surface area contributed by atoms with Crippen LogP contribution in [0.3, 0.4) is 0 Å². The molecule has 0 saturated carbocycles. The van der Waals surface area contributed by atoms with Crippen LogP contribution >= 0.6 is 27.7 Å². The van der Waals surface area contributed by atoms with E-state index in [1.54, 1.807) is 6.07 Å². The van der Waals surface area contributed by atoms with E-state index in [-0.39, 0.29) is 17.5 Å². The zero-order chi connectivity index (χ0) is 14.4. The average molecular weight is 350 g/mol. The summed E-state index contributed by atoms with van der Waals surface area (Å²) in [5.74, 6) is -1.13. The van der Waals surface area contributed by atoms with Gasteiger partial charge in [0.15, 0.2) is 0 Å². The van der Waals surface area contributed by atoms with Gasteiger partial charge in [-0.3, -0.25) is 4.79 Å². The van der Waals surface area contributed by atoms with Gasteiger partial charge in [-0.25, -0.2) is 9.18 Å². The molecule has 4 nitrogen and oxygen atoms in total. The Balaban J connectivity index is 2.54. The van der Waals surface area contributed by atoms with E-state index >= 15 is 0 Å². The van der Waals surface area contributed by atoms with Gasteiger partial charge in [0.05, 0.1) is 0 Å². The Morgan fingerprint density at radius 3 is 2.79 bits per heavy atom. The molecule has 19 heavy (non-hydrogen) atoms. The minimum absolute atomic E-state index is 0.220. The van der Waals surface area contributed by atoms with E-state index in [1.807, 2.05) is 0 Å². The van der Waals surface area contributed by atoms with Crippen LogP contribution in [0.15, 0.2) is 22.7 Å². The summed E-state index contributed by atoms with van der Waals surface area (Å²) in [6.45, 7) is 1.27. The molecule has 0 bridgehead atoms. The number of hydrogen-bond donors (Lipinski definition) is 2. The molecule has 7 heteroatoms. The summed E-state index contributed by atoms with van der Waals surface area (Å²) in [6, 6.07) is 3.41. The molecular formula is C12H13BrFNO3S. The molecule has 2 N–H and O–H groups in total. The monoisotopic (exact) mass is 349 g/mol. The largest absolute Gasteiger partial charge is 0.480 e. The van der Waals surface area contributed by atoms with Crippen molar-refractivity contribution >= 4 is 39.6 Å². The van der Waals surface area contributed by atoms with E-state index in [4.69, 9.17) is 5.11 Å². The van der Waals surface area contributed by atoms with E-state index in [1.165, 1.54) is 30.8 Å². The van der Waals surface area contributed by atoms with Gasteiger partial charge >= 0.3 is 5.97 Å². The highest BCUT2D eigenvalue weighted by Crippen LogP contribution is 2.23. The smallest absolute Gasteiger partial charge is 0.327 e. The van der Waals surface area contributed by atoms with Crippen molar-refractivity contribution in [3.8, 4) is 0 Å². The lowest BCUT2D eigenvalue weighted by Crippen LogP contribution is -2.41. The van der Waals surface area contributed by atoms with E-state index < -0.39 is 12.0 Å². The van der Waals surface area contributed by atoms with Gasteiger partial charge in [-0.05, 0) is 23.8 Å². The predicted octanol–water partition coefficient (Wildman–Crippen LogP) is 2.41. The number of rotatable bonds is 6. The summed E-state index contributed by atoms with van der Waals surface area (Å²) in [6.07, 6.45) is 0. The summed E-state index contributed by atoms with van der Waals surface area (Å²) >= 11 is 4.62. The Kier molecular flexibility index (Phi) is 6.30. The second-order valence-corrected chi connectivity index (χ2v) is 5.73. The van der Waals surface area contributed by atoms with Gasteiger partial charge in [0, 0.05) is 22.9 Å². The van der Waals surface area contributed by atoms with Crippen molar-refractivity contribution in [1.29, 1.82) is 0 Å². The van der Waals surface area contributed by atoms with Crippen molar-refractivity contribution < 1.29 is 19.1 Å². The van der Waals surface area contributed by atoms with E-state index in [2.05, 4.69) is 21.2 Å². The molecule has 0 aliphatic carbocycles. The number of carbonyl (C=O) groups is 2. The Labute approximate surface area is 122 Å². The molecule has 0 saturated heterocycles. The lowest BCUT2D eigenvalue weighted by atomic mass is 10.2. The minimum atomic E-state index is -1.08. The summed E-state index contributed by atoms with van der Waals surface area (Å²) in [5.41, 5.74) is 0.747. The number of halogens is 2. The molecule has 1 aromatic rings. The summed E-state index contributed by atoms with van der Waals surface area (Å²) in [7, 11) is 0. The molecule has 0 unspecified atom stereocenters. The molecule has 0 radical (unpaired) electrons. The maximum atomic E-state index is 13.1. The first-order chi connectivity index (χ1) is 8.90. The number of carboxylic acids is 1. The molecule has 0 aliphatic heterocycles. The average Bonchev–Trinajstić information content (AvgIpc) is 2.31. The van der Waals surface area contributed by atoms with Crippen LogP contribution in [0.4, 0.5) is 4.39 Å². The predicted molar refractivity (Wildman–Crippen MR) is 75.5 cm³/mol. The summed E-state index contributed by atoms with van der Waals surface area (Å²) in [5, 5.41) is 11.3. The normalized spacial score (nSPS) is 11.9. The molecule has 1 amide bonds. The molecule has 1 rings (SSSR count). The van der Waals surface area contributed by atoms with Crippen molar-refractivity contribution in [1.82, 2.24) is 5.32 Å². The zero-order valence-electron chi connectivity index (χ0n) is 10.2. The number of nitrogens with one attached hydrogen (secondary N) is 1. The highest BCUT2D eigenvalue weighted by atomic mass is 79.9. The minimum Gasteiger partial charge on any atom is -0.480 e. The third kappa shape index (κ3) is 5.61. The number of benzene rings is 1. The number of carboxylic acid groups (broad SMARTS) is 1. The van der Waals surface area contributed by atoms with Crippen LogP contribution in [0.1, 0.15) is 12.5 Å². The fourth-order valence-corrected chi connectivity index (χ4v) is 2.97. The highest BCUT2D eigenvalue weighted by Gasteiger charge is 2.18. The summed E-state index contributed by atoms with van der Waals surface area (Å²) in [4.78, 5) is 21.8. The number of carbonyl (C=O) groups excluding carboxylic acids is 1. The topological polar surface area (TPSA) is 66.4 Å².